The van der Waals surface area contributed by atoms with Crippen molar-refractivity contribution in [3.8, 4) is 0 Å². The first-order valence-corrected chi connectivity index (χ1v) is 11.1. The Morgan fingerprint density at radius 3 is 2.31 bits per heavy atom. The zero-order valence-electron chi connectivity index (χ0n) is 15.5. The maximum Gasteiger partial charge on any atom is 0.267 e. The van der Waals surface area contributed by atoms with E-state index in [-0.39, 0.29) is 21.9 Å². The van der Waals surface area contributed by atoms with E-state index < -0.39 is 10.0 Å². The SMILES string of the molecule is Cc1cc(C)nc(NS(=O)(=O)c2ccc(NC(=S)NC(=O)c3cccs3)cc2)n1. The molecule has 8 nitrogen and oxygen atoms in total. The largest absolute Gasteiger partial charge is 0.332 e. The highest BCUT2D eigenvalue weighted by atomic mass is 32.2. The maximum atomic E-state index is 12.5. The van der Waals surface area contributed by atoms with Gasteiger partial charge in [-0.2, -0.15) is 0 Å². The summed E-state index contributed by atoms with van der Waals surface area (Å²) < 4.78 is 27.4. The highest BCUT2D eigenvalue weighted by Crippen LogP contribution is 2.17. The van der Waals surface area contributed by atoms with Crippen molar-refractivity contribution in [3.63, 3.8) is 0 Å². The number of benzene rings is 1. The predicted octanol–water partition coefficient (Wildman–Crippen LogP) is 3.08. The van der Waals surface area contributed by atoms with Gasteiger partial charge in [-0.15, -0.1) is 11.3 Å². The van der Waals surface area contributed by atoms with Gasteiger partial charge in [-0.05, 0) is 67.8 Å². The van der Waals surface area contributed by atoms with Gasteiger partial charge in [-0.25, -0.2) is 23.1 Å². The molecule has 0 radical (unpaired) electrons. The van der Waals surface area contributed by atoms with Crippen LogP contribution in [-0.4, -0.2) is 29.4 Å². The molecule has 29 heavy (non-hydrogen) atoms. The molecule has 2 aromatic heterocycles. The Hall–Kier alpha value is -2.89. The molecule has 0 atom stereocenters. The van der Waals surface area contributed by atoms with Crippen LogP contribution in [-0.2, 0) is 10.0 Å². The van der Waals surface area contributed by atoms with Crippen LogP contribution < -0.4 is 15.4 Å². The summed E-state index contributed by atoms with van der Waals surface area (Å²) in [7, 11) is -3.84. The van der Waals surface area contributed by atoms with Gasteiger partial charge in [0.1, 0.15) is 0 Å². The number of thiocarbonyl (C=S) groups is 1. The van der Waals surface area contributed by atoms with Crippen molar-refractivity contribution in [1.82, 2.24) is 15.3 Å². The molecule has 0 bridgehead atoms. The molecule has 0 unspecified atom stereocenters. The number of amides is 1. The summed E-state index contributed by atoms with van der Waals surface area (Å²) in [6.07, 6.45) is 0. The van der Waals surface area contributed by atoms with Crippen LogP contribution in [0.25, 0.3) is 0 Å². The molecule has 3 rings (SSSR count). The zero-order valence-corrected chi connectivity index (χ0v) is 17.9. The number of carbonyl (C=O) groups is 1. The number of hydrogen-bond donors (Lipinski definition) is 3. The number of anilines is 2. The van der Waals surface area contributed by atoms with Crippen LogP contribution in [0.1, 0.15) is 21.1 Å². The molecule has 0 spiro atoms. The molecule has 0 aliphatic rings. The van der Waals surface area contributed by atoms with Crippen LogP contribution >= 0.6 is 23.6 Å². The van der Waals surface area contributed by atoms with Gasteiger partial charge < -0.3 is 5.32 Å². The molecule has 0 saturated heterocycles. The van der Waals surface area contributed by atoms with Gasteiger partial charge in [-0.1, -0.05) is 6.07 Å². The van der Waals surface area contributed by atoms with E-state index in [9.17, 15) is 13.2 Å². The molecule has 0 aliphatic carbocycles. The van der Waals surface area contributed by atoms with Gasteiger partial charge in [0, 0.05) is 17.1 Å². The lowest BCUT2D eigenvalue weighted by Crippen LogP contribution is -2.33. The number of sulfonamides is 1. The molecule has 0 saturated carbocycles. The maximum absolute atomic E-state index is 12.5. The Morgan fingerprint density at radius 1 is 1.07 bits per heavy atom. The minimum absolute atomic E-state index is 0.0159. The van der Waals surface area contributed by atoms with Crippen LogP contribution in [0.2, 0.25) is 0 Å². The third kappa shape index (κ3) is 5.56. The fourth-order valence-corrected chi connectivity index (χ4v) is 4.18. The van der Waals surface area contributed by atoms with E-state index in [1.165, 1.54) is 23.5 Å². The first-order valence-electron chi connectivity index (χ1n) is 8.34. The number of aromatic nitrogens is 2. The first kappa shape index (κ1) is 20.8. The lowest BCUT2D eigenvalue weighted by molar-refractivity contribution is 0.0981. The normalized spacial score (nSPS) is 11.0. The number of nitrogens with one attached hydrogen (secondary N) is 3. The van der Waals surface area contributed by atoms with Gasteiger partial charge in [0.2, 0.25) is 5.95 Å². The second-order valence-corrected chi connectivity index (χ2v) is 9.03. The molecular weight excluding hydrogens is 430 g/mol. The zero-order chi connectivity index (χ0) is 21.0. The number of nitrogens with zero attached hydrogens (tertiary/aromatic N) is 2. The molecular formula is C18H17N5O3S3. The molecule has 2 heterocycles. The number of hydrogen-bond acceptors (Lipinski definition) is 7. The average Bonchev–Trinajstić information content (AvgIpc) is 3.15. The first-order chi connectivity index (χ1) is 13.7. The lowest BCUT2D eigenvalue weighted by Gasteiger charge is -2.11. The summed E-state index contributed by atoms with van der Waals surface area (Å²) in [4.78, 5) is 20.7. The van der Waals surface area contributed by atoms with Gasteiger partial charge in [0.15, 0.2) is 5.11 Å². The van der Waals surface area contributed by atoms with E-state index in [0.717, 1.165) is 0 Å². The van der Waals surface area contributed by atoms with Gasteiger partial charge in [0.25, 0.3) is 15.9 Å². The molecule has 1 amide bonds. The second kappa shape index (κ2) is 8.64. The number of carbonyl (C=O) groups excluding carboxylic acids is 1. The summed E-state index contributed by atoms with van der Waals surface area (Å²) in [6, 6.07) is 11.1. The minimum atomic E-state index is -3.84. The summed E-state index contributed by atoms with van der Waals surface area (Å²) in [5.74, 6) is -0.295. The fraction of sp³-hybridized carbons (Fsp3) is 0.111. The van der Waals surface area contributed by atoms with Crippen molar-refractivity contribution in [2.24, 2.45) is 0 Å². The summed E-state index contributed by atoms with van der Waals surface area (Å²) >= 11 is 6.42. The van der Waals surface area contributed by atoms with E-state index in [4.69, 9.17) is 12.2 Å². The summed E-state index contributed by atoms with van der Waals surface area (Å²) in [6.45, 7) is 3.51. The van der Waals surface area contributed by atoms with Crippen molar-refractivity contribution < 1.29 is 13.2 Å². The Morgan fingerprint density at radius 2 is 1.72 bits per heavy atom. The third-order valence-corrected chi connectivity index (χ3v) is 6.02. The Kier molecular flexibility index (Phi) is 6.20. The molecule has 1 aromatic carbocycles. The highest BCUT2D eigenvalue weighted by Gasteiger charge is 2.16. The number of thiophene rings is 1. The van der Waals surface area contributed by atoms with E-state index >= 15 is 0 Å². The van der Waals surface area contributed by atoms with Crippen LogP contribution in [0.5, 0.6) is 0 Å². The minimum Gasteiger partial charge on any atom is -0.332 e. The average molecular weight is 448 g/mol. The third-order valence-electron chi connectivity index (χ3n) is 3.60. The van der Waals surface area contributed by atoms with Crippen LogP contribution in [0.3, 0.4) is 0 Å². The molecule has 11 heteroatoms. The summed E-state index contributed by atoms with van der Waals surface area (Å²) in [5, 5.41) is 7.31. The van der Waals surface area contributed by atoms with Crippen LogP contribution in [0.15, 0.2) is 52.7 Å². The molecule has 150 valence electrons. The van der Waals surface area contributed by atoms with Gasteiger partial charge >= 0.3 is 0 Å². The van der Waals surface area contributed by atoms with Gasteiger partial charge in [0.05, 0.1) is 9.77 Å². The van der Waals surface area contributed by atoms with Crippen molar-refractivity contribution >= 4 is 56.2 Å². The monoisotopic (exact) mass is 447 g/mol. The van der Waals surface area contributed by atoms with Crippen molar-refractivity contribution in [2.75, 3.05) is 10.0 Å². The standard InChI is InChI=1S/C18H17N5O3S3/c1-11-10-12(2)20-17(19-11)23-29(25,26)14-7-5-13(6-8-14)21-18(27)22-16(24)15-4-3-9-28-15/h3-10H,1-2H3,(H,19,20,23)(H2,21,22,24,27). The van der Waals surface area contributed by atoms with Crippen molar-refractivity contribution in [3.05, 3.63) is 64.1 Å². The topological polar surface area (TPSA) is 113 Å². The quantitative estimate of drug-likeness (QED) is 0.515. The van der Waals surface area contributed by atoms with E-state index in [0.29, 0.717) is 22.0 Å². The van der Waals surface area contributed by atoms with Crippen molar-refractivity contribution in [1.29, 1.82) is 0 Å². The Balaban J connectivity index is 1.65. The molecule has 0 aliphatic heterocycles. The van der Waals surface area contributed by atoms with E-state index in [1.54, 1.807) is 49.6 Å². The Bertz CT molecular complexity index is 1120. The number of aryl methyl sites for hydroxylation is 2. The van der Waals surface area contributed by atoms with E-state index in [1.807, 2.05) is 0 Å². The fourth-order valence-electron chi connectivity index (χ4n) is 2.40. The summed E-state index contributed by atoms with van der Waals surface area (Å²) in [5.41, 5.74) is 1.85. The molecule has 0 fully saturated rings. The highest BCUT2D eigenvalue weighted by molar-refractivity contribution is 7.92. The lowest BCUT2D eigenvalue weighted by atomic mass is 10.3. The van der Waals surface area contributed by atoms with E-state index in [2.05, 4.69) is 25.3 Å². The second-order valence-electron chi connectivity index (χ2n) is 5.99. The van der Waals surface area contributed by atoms with Crippen molar-refractivity contribution in [2.45, 2.75) is 18.7 Å². The predicted molar refractivity (Wildman–Crippen MR) is 117 cm³/mol. The van der Waals surface area contributed by atoms with Crippen LogP contribution in [0, 0.1) is 13.8 Å². The smallest absolute Gasteiger partial charge is 0.267 e. The van der Waals surface area contributed by atoms with Gasteiger partial charge in [-0.3, -0.25) is 10.1 Å². The van der Waals surface area contributed by atoms with Crippen LogP contribution in [0.4, 0.5) is 11.6 Å². The number of rotatable bonds is 5. The Labute approximate surface area is 177 Å². The molecule has 3 aromatic rings. The molecule has 3 N–H and O–H groups in total.